The predicted octanol–water partition coefficient (Wildman–Crippen LogP) is 3.78. The summed E-state index contributed by atoms with van der Waals surface area (Å²) in [4.78, 5) is 27.8. The van der Waals surface area contributed by atoms with Gasteiger partial charge in [0.05, 0.1) is 24.8 Å². The zero-order chi connectivity index (χ0) is 22.9. The summed E-state index contributed by atoms with van der Waals surface area (Å²) in [5, 5.41) is 5.74. The van der Waals surface area contributed by atoms with Crippen molar-refractivity contribution in [3.8, 4) is 5.75 Å². The quantitative estimate of drug-likeness (QED) is 0.553. The number of ether oxygens (including phenoxy) is 2. The van der Waals surface area contributed by atoms with Crippen LogP contribution in [0.15, 0.2) is 65.9 Å². The topological polar surface area (TPSA) is 79.9 Å². The lowest BCUT2D eigenvalue weighted by Crippen LogP contribution is -2.48. The van der Waals surface area contributed by atoms with Crippen molar-refractivity contribution in [2.24, 2.45) is 0 Å². The number of likely N-dealkylation sites (N-methyl/N-ethyl adjacent to an activating group) is 1. The Balaban J connectivity index is 2.01. The van der Waals surface area contributed by atoms with Crippen LogP contribution in [0, 0.1) is 0 Å². The van der Waals surface area contributed by atoms with Gasteiger partial charge in [0.15, 0.2) is 0 Å². The molecule has 0 aromatic heterocycles. The molecule has 2 aromatic rings. The smallest absolute Gasteiger partial charge is 0.338 e. The maximum absolute atomic E-state index is 13.1. The lowest BCUT2D eigenvalue weighted by molar-refractivity contribution is -0.139. The molecule has 0 radical (unpaired) electrons. The van der Waals surface area contributed by atoms with E-state index in [2.05, 4.69) is 34.6 Å². The van der Waals surface area contributed by atoms with Crippen LogP contribution in [0.25, 0.3) is 0 Å². The van der Waals surface area contributed by atoms with Crippen LogP contribution in [0.1, 0.15) is 37.9 Å². The van der Waals surface area contributed by atoms with E-state index in [-0.39, 0.29) is 12.6 Å². The Hall–Kier alpha value is -3.32. The van der Waals surface area contributed by atoms with Crippen LogP contribution in [0.3, 0.4) is 0 Å². The summed E-state index contributed by atoms with van der Waals surface area (Å²) in [5.74, 6) is 0.169. The number of carbonyl (C=O) groups excluding carboxylic acids is 2. The van der Waals surface area contributed by atoms with E-state index in [4.69, 9.17) is 9.47 Å². The second-order valence-corrected chi connectivity index (χ2v) is 7.40. The number of benzene rings is 2. The van der Waals surface area contributed by atoms with Gasteiger partial charge < -0.3 is 20.1 Å². The van der Waals surface area contributed by atoms with Gasteiger partial charge in [-0.1, -0.05) is 55.5 Å². The summed E-state index contributed by atoms with van der Waals surface area (Å²) < 4.78 is 11.2. The third-order valence-corrected chi connectivity index (χ3v) is 5.26. The summed E-state index contributed by atoms with van der Waals surface area (Å²) in [6.07, 6.45) is 0. The Labute approximate surface area is 189 Å². The second-order valence-electron chi connectivity index (χ2n) is 7.40. The van der Waals surface area contributed by atoms with Gasteiger partial charge in [-0.15, -0.1) is 0 Å². The van der Waals surface area contributed by atoms with E-state index in [0.29, 0.717) is 36.7 Å². The number of rotatable bonds is 10. The molecule has 170 valence electrons. The molecule has 2 N–H and O–H groups in total. The standard InChI is InChI=1S/C25H31N3O4/c1-4-28(16-18-12-8-7-9-13-18)17-20-22(24(29)32-6-3)23(27-25(30)26-20)19-14-10-11-15-21(19)31-5-2/h7-15,23H,4-6,16-17H2,1-3H3,(H2,26,27,30)/t23-/m1/s1. The fraction of sp³-hybridized carbons (Fsp3) is 0.360. The van der Waals surface area contributed by atoms with Gasteiger partial charge in [0.25, 0.3) is 0 Å². The zero-order valence-corrected chi connectivity index (χ0v) is 18.9. The first kappa shape index (κ1) is 23.3. The van der Waals surface area contributed by atoms with Crippen LogP contribution in [-0.2, 0) is 16.1 Å². The molecule has 0 aliphatic carbocycles. The predicted molar refractivity (Wildman–Crippen MR) is 123 cm³/mol. The third-order valence-electron chi connectivity index (χ3n) is 5.26. The number of nitrogens with one attached hydrogen (secondary N) is 2. The number of esters is 1. The Kier molecular flexibility index (Phi) is 8.27. The number of urea groups is 1. The van der Waals surface area contributed by atoms with Gasteiger partial charge in [0, 0.05) is 24.4 Å². The second kappa shape index (κ2) is 11.3. The highest BCUT2D eigenvalue weighted by molar-refractivity contribution is 5.95. The third kappa shape index (κ3) is 5.68. The molecule has 3 rings (SSSR count). The number of para-hydroxylation sites is 1. The number of amides is 2. The van der Waals surface area contributed by atoms with Crippen LogP contribution < -0.4 is 15.4 Å². The minimum absolute atomic E-state index is 0.241. The average molecular weight is 438 g/mol. The van der Waals surface area contributed by atoms with Crippen molar-refractivity contribution >= 4 is 12.0 Å². The van der Waals surface area contributed by atoms with Crippen molar-refractivity contribution in [3.63, 3.8) is 0 Å². The molecule has 1 aliphatic heterocycles. The maximum atomic E-state index is 13.1. The van der Waals surface area contributed by atoms with Crippen molar-refractivity contribution in [2.45, 2.75) is 33.4 Å². The summed E-state index contributed by atoms with van der Waals surface area (Å²) in [6.45, 7) is 8.28. The fourth-order valence-corrected chi connectivity index (χ4v) is 3.78. The van der Waals surface area contributed by atoms with Crippen molar-refractivity contribution in [1.82, 2.24) is 15.5 Å². The molecule has 0 bridgehead atoms. The van der Waals surface area contributed by atoms with Gasteiger partial charge in [-0.2, -0.15) is 0 Å². The summed E-state index contributed by atoms with van der Waals surface area (Å²) in [6, 6.07) is 16.5. The van der Waals surface area contributed by atoms with Crippen LogP contribution in [0.5, 0.6) is 5.75 Å². The molecule has 1 atom stereocenters. The molecule has 0 saturated carbocycles. The van der Waals surface area contributed by atoms with Crippen molar-refractivity contribution in [3.05, 3.63) is 77.0 Å². The molecule has 0 fully saturated rings. The SMILES string of the molecule is CCOC(=O)C1=C(CN(CC)Cc2ccccc2)NC(=O)N[C@@H]1c1ccccc1OCC. The molecule has 2 aromatic carbocycles. The Morgan fingerprint density at radius 1 is 0.969 bits per heavy atom. The molecule has 1 aliphatic rings. The van der Waals surface area contributed by atoms with Crippen molar-refractivity contribution in [2.75, 3.05) is 26.3 Å². The van der Waals surface area contributed by atoms with E-state index < -0.39 is 12.0 Å². The van der Waals surface area contributed by atoms with E-state index in [1.165, 1.54) is 0 Å². The van der Waals surface area contributed by atoms with Gasteiger partial charge in [-0.3, -0.25) is 4.90 Å². The highest BCUT2D eigenvalue weighted by Crippen LogP contribution is 2.34. The lowest BCUT2D eigenvalue weighted by atomic mass is 9.94. The first-order chi connectivity index (χ1) is 15.6. The van der Waals surface area contributed by atoms with Crippen LogP contribution in [0.4, 0.5) is 4.79 Å². The summed E-state index contributed by atoms with van der Waals surface area (Å²) >= 11 is 0. The van der Waals surface area contributed by atoms with Crippen molar-refractivity contribution in [1.29, 1.82) is 0 Å². The van der Waals surface area contributed by atoms with E-state index in [1.807, 2.05) is 49.4 Å². The van der Waals surface area contributed by atoms with Crippen LogP contribution >= 0.6 is 0 Å². The summed E-state index contributed by atoms with van der Waals surface area (Å²) in [7, 11) is 0. The zero-order valence-electron chi connectivity index (χ0n) is 18.9. The molecule has 0 unspecified atom stereocenters. The van der Waals surface area contributed by atoms with E-state index in [1.54, 1.807) is 6.92 Å². The number of nitrogens with zero attached hydrogens (tertiary/aromatic N) is 1. The number of hydrogen-bond acceptors (Lipinski definition) is 5. The molecule has 32 heavy (non-hydrogen) atoms. The molecule has 1 heterocycles. The van der Waals surface area contributed by atoms with Gasteiger partial charge in [0.1, 0.15) is 5.75 Å². The van der Waals surface area contributed by atoms with Gasteiger partial charge in [0.2, 0.25) is 0 Å². The first-order valence-corrected chi connectivity index (χ1v) is 11.0. The molecular formula is C25H31N3O4. The Morgan fingerprint density at radius 3 is 2.38 bits per heavy atom. The number of hydrogen-bond donors (Lipinski definition) is 2. The molecule has 2 amide bonds. The number of carbonyl (C=O) groups is 2. The van der Waals surface area contributed by atoms with E-state index in [0.717, 1.165) is 17.7 Å². The van der Waals surface area contributed by atoms with Crippen LogP contribution in [-0.4, -0.2) is 43.2 Å². The lowest BCUT2D eigenvalue weighted by Gasteiger charge is -2.32. The largest absolute Gasteiger partial charge is 0.494 e. The van der Waals surface area contributed by atoms with Gasteiger partial charge in [-0.05, 0) is 32.0 Å². The van der Waals surface area contributed by atoms with E-state index in [9.17, 15) is 9.59 Å². The molecule has 0 spiro atoms. The summed E-state index contributed by atoms with van der Waals surface area (Å²) in [5.41, 5.74) is 2.81. The van der Waals surface area contributed by atoms with Crippen LogP contribution in [0.2, 0.25) is 0 Å². The Bertz CT molecular complexity index is 959. The maximum Gasteiger partial charge on any atom is 0.338 e. The average Bonchev–Trinajstić information content (AvgIpc) is 2.79. The minimum Gasteiger partial charge on any atom is -0.494 e. The van der Waals surface area contributed by atoms with Gasteiger partial charge >= 0.3 is 12.0 Å². The van der Waals surface area contributed by atoms with Crippen molar-refractivity contribution < 1.29 is 19.1 Å². The first-order valence-electron chi connectivity index (χ1n) is 11.0. The van der Waals surface area contributed by atoms with Gasteiger partial charge in [-0.25, -0.2) is 9.59 Å². The fourth-order valence-electron chi connectivity index (χ4n) is 3.78. The normalized spacial score (nSPS) is 15.9. The molecular weight excluding hydrogens is 406 g/mol. The van der Waals surface area contributed by atoms with E-state index >= 15 is 0 Å². The monoisotopic (exact) mass is 437 g/mol. The molecule has 0 saturated heterocycles. The highest BCUT2D eigenvalue weighted by atomic mass is 16.5. The minimum atomic E-state index is -0.670. The molecule has 7 heteroatoms. The Morgan fingerprint density at radius 2 is 1.69 bits per heavy atom. The molecule has 7 nitrogen and oxygen atoms in total. The highest BCUT2D eigenvalue weighted by Gasteiger charge is 2.35.